The zero-order valence-corrected chi connectivity index (χ0v) is 18.2. The highest BCUT2D eigenvalue weighted by molar-refractivity contribution is 5.64. The van der Waals surface area contributed by atoms with Crippen LogP contribution in [0.4, 0.5) is 4.79 Å². The Morgan fingerprint density at radius 1 is 1.17 bits per heavy atom. The third-order valence-electron chi connectivity index (χ3n) is 5.95. The smallest absolute Gasteiger partial charge is 0.404 e. The lowest BCUT2D eigenvalue weighted by Crippen LogP contribution is -2.56. The zero-order chi connectivity index (χ0) is 21.7. The molecule has 0 heterocycles. The number of carbonyl (C=O) groups excluding carboxylic acids is 1. The molecule has 0 saturated heterocycles. The summed E-state index contributed by atoms with van der Waals surface area (Å²) in [6, 6.07) is 18.1. The zero-order valence-electron chi connectivity index (χ0n) is 18.2. The Bertz CT molecular complexity index is 832. The van der Waals surface area contributed by atoms with Crippen molar-refractivity contribution >= 4 is 6.09 Å². The van der Waals surface area contributed by atoms with Crippen LogP contribution < -0.4 is 11.1 Å². The molecule has 2 aromatic carbocycles. The Morgan fingerprint density at radius 3 is 2.50 bits per heavy atom. The maximum Gasteiger partial charge on any atom is 0.404 e. The first-order valence-electron chi connectivity index (χ1n) is 10.8. The Kier molecular flexibility index (Phi) is 7.16. The van der Waals surface area contributed by atoms with E-state index in [0.29, 0.717) is 6.42 Å². The second-order valence-corrected chi connectivity index (χ2v) is 9.31. The number of aliphatic hydroxyl groups is 1. The number of carbonyl (C=O) groups is 1. The van der Waals surface area contributed by atoms with E-state index in [-0.39, 0.29) is 17.5 Å². The van der Waals surface area contributed by atoms with Gasteiger partial charge in [-0.1, -0.05) is 75.4 Å². The fraction of sp³-hybridized carbons (Fsp3) is 0.480. The van der Waals surface area contributed by atoms with Crippen molar-refractivity contribution in [1.82, 2.24) is 5.32 Å². The van der Waals surface area contributed by atoms with E-state index in [1.165, 1.54) is 11.1 Å². The number of nitrogens with two attached hydrogens (primary N) is 1. The number of aryl methyl sites for hydroxylation is 1. The van der Waals surface area contributed by atoms with Gasteiger partial charge in [-0.25, -0.2) is 4.79 Å². The van der Waals surface area contributed by atoms with Crippen LogP contribution in [0, 0.1) is 5.41 Å². The lowest BCUT2D eigenvalue weighted by atomic mass is 9.78. The van der Waals surface area contributed by atoms with Gasteiger partial charge in [-0.15, -0.1) is 0 Å². The SMILES string of the molecule is CC(C)(C)C(NC1CCCc2ccccc21)[C@H](O)[C@H](Cc1ccccc1)OC(N)=O. The molecule has 4 N–H and O–H groups in total. The number of aliphatic hydroxyl groups excluding tert-OH is 1. The van der Waals surface area contributed by atoms with Crippen molar-refractivity contribution in [3.8, 4) is 0 Å². The molecule has 5 nitrogen and oxygen atoms in total. The molecule has 30 heavy (non-hydrogen) atoms. The minimum absolute atomic E-state index is 0.153. The van der Waals surface area contributed by atoms with E-state index in [1.54, 1.807) is 0 Å². The monoisotopic (exact) mass is 410 g/mol. The highest BCUT2D eigenvalue weighted by Crippen LogP contribution is 2.34. The van der Waals surface area contributed by atoms with Crippen LogP contribution in [-0.2, 0) is 17.6 Å². The molecule has 4 atom stereocenters. The summed E-state index contributed by atoms with van der Waals surface area (Å²) in [7, 11) is 0. The summed E-state index contributed by atoms with van der Waals surface area (Å²) in [5, 5.41) is 15.1. The Morgan fingerprint density at radius 2 is 1.83 bits per heavy atom. The normalized spacial score (nSPS) is 19.4. The van der Waals surface area contributed by atoms with E-state index in [0.717, 1.165) is 24.8 Å². The molecule has 2 unspecified atom stereocenters. The molecule has 5 heteroatoms. The van der Waals surface area contributed by atoms with Crippen LogP contribution in [0.15, 0.2) is 54.6 Å². The van der Waals surface area contributed by atoms with Crippen molar-refractivity contribution in [2.75, 3.05) is 0 Å². The van der Waals surface area contributed by atoms with Crippen LogP contribution >= 0.6 is 0 Å². The molecule has 1 aliphatic rings. The van der Waals surface area contributed by atoms with Crippen LogP contribution in [0.25, 0.3) is 0 Å². The van der Waals surface area contributed by atoms with Gasteiger partial charge in [0.05, 0.1) is 0 Å². The van der Waals surface area contributed by atoms with Gasteiger partial charge < -0.3 is 20.9 Å². The number of benzene rings is 2. The van der Waals surface area contributed by atoms with Crippen LogP contribution in [0.2, 0.25) is 0 Å². The summed E-state index contributed by atoms with van der Waals surface area (Å²) in [5.41, 5.74) is 8.72. The number of primary amides is 1. The first-order valence-corrected chi connectivity index (χ1v) is 10.8. The second-order valence-electron chi connectivity index (χ2n) is 9.31. The summed E-state index contributed by atoms with van der Waals surface area (Å²) in [6.07, 6.45) is 1.08. The van der Waals surface area contributed by atoms with E-state index in [2.05, 4.69) is 50.4 Å². The average Bonchev–Trinajstić information content (AvgIpc) is 2.70. The molecule has 0 spiro atoms. The van der Waals surface area contributed by atoms with E-state index in [4.69, 9.17) is 10.5 Å². The van der Waals surface area contributed by atoms with Crippen LogP contribution in [0.3, 0.4) is 0 Å². The fourth-order valence-corrected chi connectivity index (χ4v) is 4.45. The van der Waals surface area contributed by atoms with Gasteiger partial charge in [0.25, 0.3) is 0 Å². The molecular weight excluding hydrogens is 376 g/mol. The van der Waals surface area contributed by atoms with Crippen LogP contribution in [0.1, 0.15) is 56.3 Å². The quantitative estimate of drug-likeness (QED) is 0.641. The van der Waals surface area contributed by atoms with Crippen molar-refractivity contribution in [2.24, 2.45) is 11.1 Å². The second kappa shape index (κ2) is 9.63. The lowest BCUT2D eigenvalue weighted by molar-refractivity contribution is -0.0385. The van der Waals surface area contributed by atoms with E-state index in [1.807, 2.05) is 30.3 Å². The first-order chi connectivity index (χ1) is 14.3. The number of fused-ring (bicyclic) bond motifs is 1. The predicted octanol–water partition coefficient (Wildman–Crippen LogP) is 4.14. The number of hydrogen-bond donors (Lipinski definition) is 3. The summed E-state index contributed by atoms with van der Waals surface area (Å²) < 4.78 is 5.40. The van der Waals surface area contributed by atoms with Crippen molar-refractivity contribution < 1.29 is 14.6 Å². The van der Waals surface area contributed by atoms with Crippen molar-refractivity contribution in [3.05, 3.63) is 71.3 Å². The molecular formula is C25H34N2O3. The molecule has 1 amide bonds. The molecule has 1 aliphatic carbocycles. The van der Waals surface area contributed by atoms with Gasteiger partial charge in [-0.05, 0) is 41.4 Å². The number of hydrogen-bond acceptors (Lipinski definition) is 4. The van der Waals surface area contributed by atoms with Gasteiger partial charge in [0.1, 0.15) is 12.2 Å². The van der Waals surface area contributed by atoms with Gasteiger partial charge in [0.2, 0.25) is 0 Å². The predicted molar refractivity (Wildman–Crippen MR) is 119 cm³/mol. The largest absolute Gasteiger partial charge is 0.443 e. The number of nitrogens with one attached hydrogen (secondary N) is 1. The average molecular weight is 411 g/mol. The molecule has 0 aromatic heterocycles. The molecule has 0 fully saturated rings. The van der Waals surface area contributed by atoms with Gasteiger partial charge in [-0.2, -0.15) is 0 Å². The molecule has 0 aliphatic heterocycles. The van der Waals surface area contributed by atoms with Crippen molar-refractivity contribution in [2.45, 2.75) is 70.7 Å². The highest BCUT2D eigenvalue weighted by atomic mass is 16.6. The van der Waals surface area contributed by atoms with Crippen LogP contribution in [-0.4, -0.2) is 29.4 Å². The Labute approximate surface area is 179 Å². The summed E-state index contributed by atoms with van der Waals surface area (Å²) >= 11 is 0. The van der Waals surface area contributed by atoms with Gasteiger partial charge in [0.15, 0.2) is 0 Å². The van der Waals surface area contributed by atoms with Gasteiger partial charge >= 0.3 is 6.09 Å². The Hall–Kier alpha value is -2.37. The molecule has 162 valence electrons. The van der Waals surface area contributed by atoms with Gasteiger partial charge in [0, 0.05) is 18.5 Å². The molecule has 3 rings (SSSR count). The number of amides is 1. The lowest BCUT2D eigenvalue weighted by Gasteiger charge is -2.41. The third kappa shape index (κ3) is 5.61. The first kappa shape index (κ1) is 22.3. The van der Waals surface area contributed by atoms with Crippen molar-refractivity contribution in [3.63, 3.8) is 0 Å². The molecule has 0 radical (unpaired) electrons. The van der Waals surface area contributed by atoms with Gasteiger partial charge in [-0.3, -0.25) is 0 Å². The minimum atomic E-state index is -0.910. The molecule has 0 bridgehead atoms. The summed E-state index contributed by atoms with van der Waals surface area (Å²) in [4.78, 5) is 11.6. The summed E-state index contributed by atoms with van der Waals surface area (Å²) in [6.45, 7) is 6.27. The standard InChI is InChI=1S/C25H34N2O3/c1-25(2,3)23(27-20-15-9-13-18-12-7-8-14-19(18)20)22(28)21(30-24(26)29)16-17-10-5-4-6-11-17/h4-8,10-12,14,20-23,27-28H,9,13,15-16H2,1-3H3,(H2,26,29)/t20?,21-,22+,23?/m0/s1. The number of rotatable bonds is 7. The Balaban J connectivity index is 1.85. The summed E-state index contributed by atoms with van der Waals surface area (Å²) in [5.74, 6) is 0. The van der Waals surface area contributed by atoms with Crippen LogP contribution in [0.5, 0.6) is 0 Å². The number of ether oxygens (including phenoxy) is 1. The maximum absolute atomic E-state index is 11.6. The van der Waals surface area contributed by atoms with E-state index in [9.17, 15) is 9.90 Å². The fourth-order valence-electron chi connectivity index (χ4n) is 4.45. The minimum Gasteiger partial charge on any atom is -0.443 e. The molecule has 0 saturated carbocycles. The molecule has 2 aromatic rings. The van der Waals surface area contributed by atoms with Crippen molar-refractivity contribution in [1.29, 1.82) is 0 Å². The van der Waals surface area contributed by atoms with E-state index < -0.39 is 18.3 Å². The highest BCUT2D eigenvalue weighted by Gasteiger charge is 2.39. The third-order valence-corrected chi connectivity index (χ3v) is 5.95. The topological polar surface area (TPSA) is 84.6 Å². The maximum atomic E-state index is 11.6. The van der Waals surface area contributed by atoms with E-state index >= 15 is 0 Å².